The van der Waals surface area contributed by atoms with Crippen molar-refractivity contribution < 1.29 is 9.59 Å². The van der Waals surface area contributed by atoms with Gasteiger partial charge in [-0.15, -0.1) is 10.2 Å². The molecular weight excluding hydrogens is 350 g/mol. The Labute approximate surface area is 157 Å². The Morgan fingerprint density at radius 1 is 1.19 bits per heavy atom. The highest BCUT2D eigenvalue weighted by atomic mass is 32.2. The van der Waals surface area contributed by atoms with E-state index in [2.05, 4.69) is 29.4 Å². The second kappa shape index (κ2) is 8.84. The second-order valence-corrected chi connectivity index (χ2v) is 7.76. The van der Waals surface area contributed by atoms with Gasteiger partial charge in [-0.1, -0.05) is 37.7 Å². The average Bonchev–Trinajstić information content (AvgIpc) is 2.93. The average molecular weight is 375 g/mol. The molecule has 0 aliphatic rings. The van der Waals surface area contributed by atoms with Crippen molar-refractivity contribution in [3.63, 3.8) is 0 Å². The van der Waals surface area contributed by atoms with Gasteiger partial charge in [0.05, 0.1) is 5.25 Å². The smallest absolute Gasteiger partial charge is 0.237 e. The van der Waals surface area contributed by atoms with Gasteiger partial charge < -0.3 is 15.6 Å². The maximum Gasteiger partial charge on any atom is 0.237 e. The van der Waals surface area contributed by atoms with Crippen LogP contribution in [-0.2, 0) is 23.1 Å². The number of nitrogens with one attached hydrogen (secondary N) is 1. The maximum atomic E-state index is 12.4. The summed E-state index contributed by atoms with van der Waals surface area (Å²) in [7, 11) is 1.81. The molecular formula is C18H25N5O2S. The van der Waals surface area contributed by atoms with Gasteiger partial charge in [-0.25, -0.2) is 0 Å². The molecule has 2 rings (SSSR count). The fourth-order valence-electron chi connectivity index (χ4n) is 2.31. The molecule has 0 aliphatic heterocycles. The molecule has 0 fully saturated rings. The number of thioether (sulfide) groups is 1. The molecule has 140 valence electrons. The lowest BCUT2D eigenvalue weighted by molar-refractivity contribution is -0.118. The van der Waals surface area contributed by atoms with E-state index in [1.54, 1.807) is 4.57 Å². The first-order valence-electron chi connectivity index (χ1n) is 8.52. The zero-order valence-corrected chi connectivity index (χ0v) is 16.3. The third-order valence-corrected chi connectivity index (χ3v) is 5.15. The second-order valence-electron chi connectivity index (χ2n) is 6.45. The molecule has 7 nitrogen and oxygen atoms in total. The molecule has 0 aliphatic carbocycles. The highest BCUT2D eigenvalue weighted by Gasteiger charge is 2.19. The predicted molar refractivity (Wildman–Crippen MR) is 103 cm³/mol. The molecule has 2 amide bonds. The zero-order valence-electron chi connectivity index (χ0n) is 15.5. The molecule has 0 spiro atoms. The van der Waals surface area contributed by atoms with Gasteiger partial charge in [0.25, 0.3) is 0 Å². The SMILES string of the molecule is CC(C)c1ccc(NC(=O)[C@H](C)Sc2nnc(CCC(N)=O)n2C)cc1. The van der Waals surface area contributed by atoms with E-state index in [4.69, 9.17) is 5.73 Å². The Morgan fingerprint density at radius 2 is 1.85 bits per heavy atom. The summed E-state index contributed by atoms with van der Waals surface area (Å²) in [6.45, 7) is 6.08. The fraction of sp³-hybridized carbons (Fsp3) is 0.444. The first-order chi connectivity index (χ1) is 12.3. The van der Waals surface area contributed by atoms with E-state index in [0.717, 1.165) is 5.69 Å². The zero-order chi connectivity index (χ0) is 19.3. The van der Waals surface area contributed by atoms with Crippen molar-refractivity contribution in [1.82, 2.24) is 14.8 Å². The van der Waals surface area contributed by atoms with E-state index < -0.39 is 0 Å². The highest BCUT2D eigenvalue weighted by molar-refractivity contribution is 8.00. The first kappa shape index (κ1) is 20.0. The number of nitrogens with two attached hydrogens (primary N) is 1. The van der Waals surface area contributed by atoms with Crippen molar-refractivity contribution in [3.8, 4) is 0 Å². The molecule has 26 heavy (non-hydrogen) atoms. The Morgan fingerprint density at radius 3 is 2.42 bits per heavy atom. The maximum absolute atomic E-state index is 12.4. The minimum Gasteiger partial charge on any atom is -0.370 e. The van der Waals surface area contributed by atoms with Crippen molar-refractivity contribution in [2.75, 3.05) is 5.32 Å². The van der Waals surface area contributed by atoms with E-state index in [1.165, 1.54) is 17.3 Å². The molecule has 0 bridgehead atoms. The van der Waals surface area contributed by atoms with Crippen molar-refractivity contribution in [2.24, 2.45) is 12.8 Å². The lowest BCUT2D eigenvalue weighted by Gasteiger charge is -2.12. The summed E-state index contributed by atoms with van der Waals surface area (Å²) < 4.78 is 1.79. The van der Waals surface area contributed by atoms with Crippen LogP contribution in [0.25, 0.3) is 0 Å². The largest absolute Gasteiger partial charge is 0.370 e. The van der Waals surface area contributed by atoms with E-state index >= 15 is 0 Å². The molecule has 0 saturated carbocycles. The number of hydrogen-bond acceptors (Lipinski definition) is 5. The number of primary amides is 1. The molecule has 0 radical (unpaired) electrons. The number of aryl methyl sites for hydroxylation is 1. The minimum atomic E-state index is -0.376. The number of hydrogen-bond donors (Lipinski definition) is 2. The summed E-state index contributed by atoms with van der Waals surface area (Å²) in [6, 6.07) is 7.86. The number of carbonyl (C=O) groups is 2. The van der Waals surface area contributed by atoms with Crippen LogP contribution in [0.2, 0.25) is 0 Å². The summed E-state index contributed by atoms with van der Waals surface area (Å²) in [4.78, 5) is 23.3. The molecule has 1 aromatic carbocycles. The minimum absolute atomic E-state index is 0.103. The summed E-state index contributed by atoms with van der Waals surface area (Å²) in [5.41, 5.74) is 7.16. The lowest BCUT2D eigenvalue weighted by atomic mass is 10.0. The molecule has 1 heterocycles. The number of benzene rings is 1. The van der Waals surface area contributed by atoms with Crippen LogP contribution in [0.1, 0.15) is 44.5 Å². The standard InChI is InChI=1S/C18H25N5O2S/c1-11(2)13-5-7-14(8-6-13)20-17(25)12(3)26-18-22-21-16(23(18)4)10-9-15(19)24/h5-8,11-12H,9-10H2,1-4H3,(H2,19,24)(H,20,25)/t12-/m0/s1. The number of anilines is 1. The number of nitrogens with zero attached hydrogens (tertiary/aromatic N) is 3. The number of carbonyl (C=O) groups excluding carboxylic acids is 2. The third kappa shape index (κ3) is 5.32. The number of amides is 2. The molecule has 2 aromatic rings. The normalized spacial score (nSPS) is 12.2. The van der Waals surface area contributed by atoms with Gasteiger partial charge in [0.15, 0.2) is 5.16 Å². The summed E-state index contributed by atoms with van der Waals surface area (Å²) in [5.74, 6) is 0.643. The van der Waals surface area contributed by atoms with Crippen LogP contribution >= 0.6 is 11.8 Å². The van der Waals surface area contributed by atoms with E-state index in [-0.39, 0.29) is 23.5 Å². The Balaban J connectivity index is 1.95. The van der Waals surface area contributed by atoms with E-state index in [1.807, 2.05) is 38.2 Å². The lowest BCUT2D eigenvalue weighted by Crippen LogP contribution is -2.22. The van der Waals surface area contributed by atoms with Gasteiger partial charge in [-0.3, -0.25) is 9.59 Å². The van der Waals surface area contributed by atoms with Crippen LogP contribution in [0, 0.1) is 0 Å². The highest BCUT2D eigenvalue weighted by Crippen LogP contribution is 2.23. The van der Waals surface area contributed by atoms with Gasteiger partial charge in [-0.2, -0.15) is 0 Å². The molecule has 1 aromatic heterocycles. The molecule has 0 saturated heterocycles. The fourth-order valence-corrected chi connectivity index (χ4v) is 3.14. The Hall–Kier alpha value is -2.35. The topological polar surface area (TPSA) is 103 Å². The van der Waals surface area contributed by atoms with Crippen LogP contribution < -0.4 is 11.1 Å². The van der Waals surface area contributed by atoms with Crippen molar-refractivity contribution >= 4 is 29.3 Å². The third-order valence-electron chi connectivity index (χ3n) is 4.02. The van der Waals surface area contributed by atoms with Crippen molar-refractivity contribution in [1.29, 1.82) is 0 Å². The molecule has 8 heteroatoms. The number of aromatic nitrogens is 3. The summed E-state index contributed by atoms with van der Waals surface area (Å²) >= 11 is 1.32. The quantitative estimate of drug-likeness (QED) is 0.690. The molecule has 1 atom stereocenters. The van der Waals surface area contributed by atoms with Crippen LogP contribution in [0.5, 0.6) is 0 Å². The van der Waals surface area contributed by atoms with Gasteiger partial charge in [0, 0.05) is 25.6 Å². The van der Waals surface area contributed by atoms with Gasteiger partial charge in [0.2, 0.25) is 11.8 Å². The summed E-state index contributed by atoms with van der Waals surface area (Å²) in [6.07, 6.45) is 0.654. The molecule has 3 N–H and O–H groups in total. The first-order valence-corrected chi connectivity index (χ1v) is 9.40. The molecule has 0 unspecified atom stereocenters. The van der Waals surface area contributed by atoms with Gasteiger partial charge in [-0.05, 0) is 30.5 Å². The van der Waals surface area contributed by atoms with Gasteiger partial charge >= 0.3 is 0 Å². The van der Waals surface area contributed by atoms with Crippen LogP contribution in [0.3, 0.4) is 0 Å². The van der Waals surface area contributed by atoms with Crippen LogP contribution in [-0.4, -0.2) is 31.8 Å². The van der Waals surface area contributed by atoms with E-state index in [9.17, 15) is 9.59 Å². The van der Waals surface area contributed by atoms with Crippen LogP contribution in [0.4, 0.5) is 5.69 Å². The van der Waals surface area contributed by atoms with Crippen molar-refractivity contribution in [2.45, 2.75) is 49.9 Å². The van der Waals surface area contributed by atoms with Crippen LogP contribution in [0.15, 0.2) is 29.4 Å². The van der Waals surface area contributed by atoms with Gasteiger partial charge in [0.1, 0.15) is 5.82 Å². The Kier molecular flexibility index (Phi) is 6.79. The predicted octanol–water partition coefficient (Wildman–Crippen LogP) is 2.48. The summed E-state index contributed by atoms with van der Waals surface area (Å²) in [5, 5.41) is 11.4. The van der Waals surface area contributed by atoms with Crippen molar-refractivity contribution in [3.05, 3.63) is 35.7 Å². The monoisotopic (exact) mass is 375 g/mol. The number of rotatable bonds is 8. The Bertz CT molecular complexity index is 770. The van der Waals surface area contributed by atoms with E-state index in [0.29, 0.717) is 23.3 Å².